The lowest BCUT2D eigenvalue weighted by Gasteiger charge is -2.23. The number of fused-ring (bicyclic) bond motifs is 2. The number of aromatic hydroxyl groups is 1. The van der Waals surface area contributed by atoms with Gasteiger partial charge in [0.05, 0.1) is 30.9 Å². The van der Waals surface area contributed by atoms with Crippen LogP contribution in [0, 0.1) is 6.92 Å². The lowest BCUT2D eigenvalue weighted by Crippen LogP contribution is -2.30. The number of carbonyl (C=O) groups excluding carboxylic acids is 1. The van der Waals surface area contributed by atoms with Gasteiger partial charge in [-0.15, -0.1) is 0 Å². The molecule has 0 aliphatic carbocycles. The van der Waals surface area contributed by atoms with Gasteiger partial charge in [-0.05, 0) is 36.8 Å². The van der Waals surface area contributed by atoms with Gasteiger partial charge in [-0.2, -0.15) is 0 Å². The molecule has 0 bridgehead atoms. The lowest BCUT2D eigenvalue weighted by atomic mass is 9.99. The maximum Gasteiger partial charge on any atom is 0.232 e. The van der Waals surface area contributed by atoms with Crippen molar-refractivity contribution in [3.05, 3.63) is 56.2 Å². The normalized spacial score (nSPS) is 15.9. The number of halogens is 1. The number of allylic oxidation sites excluding steroid dienone is 1. The highest BCUT2D eigenvalue weighted by molar-refractivity contribution is 9.10. The van der Waals surface area contributed by atoms with Gasteiger partial charge in [0.2, 0.25) is 5.78 Å². The first-order valence-corrected chi connectivity index (χ1v) is 11.7. The number of hydrogen-bond donors (Lipinski definition) is 1. The van der Waals surface area contributed by atoms with Crippen molar-refractivity contribution in [3.63, 3.8) is 0 Å². The second-order valence-corrected chi connectivity index (χ2v) is 9.11. The minimum atomic E-state index is -0.227. The number of phenols is 1. The average Bonchev–Trinajstić information content (AvgIpc) is 3.14. The van der Waals surface area contributed by atoms with Crippen molar-refractivity contribution in [2.75, 3.05) is 47.3 Å². The molecule has 0 unspecified atom stereocenters. The second-order valence-electron chi connectivity index (χ2n) is 8.19. The van der Waals surface area contributed by atoms with Gasteiger partial charge in [0.15, 0.2) is 12.6 Å². The fourth-order valence-corrected chi connectivity index (χ4v) is 4.65. The summed E-state index contributed by atoms with van der Waals surface area (Å²) in [4.78, 5) is 15.5. The Morgan fingerprint density at radius 1 is 1.15 bits per heavy atom. The number of hydrogen-bond acceptors (Lipinski definition) is 8. The molecule has 0 aromatic heterocycles. The first-order chi connectivity index (χ1) is 16.4. The predicted molar refractivity (Wildman–Crippen MR) is 129 cm³/mol. The maximum absolute atomic E-state index is 13.4. The zero-order valence-electron chi connectivity index (χ0n) is 19.5. The Balaban J connectivity index is 1.70. The van der Waals surface area contributed by atoms with Crippen molar-refractivity contribution in [1.29, 1.82) is 0 Å². The molecule has 0 saturated heterocycles. The number of benzene rings is 2. The summed E-state index contributed by atoms with van der Waals surface area (Å²) in [5, 5.41) is 10.8. The Morgan fingerprint density at radius 3 is 2.59 bits per heavy atom. The Labute approximate surface area is 207 Å². The number of methoxy groups -OCH3 is 2. The molecular weight excluding hydrogens is 506 g/mol. The summed E-state index contributed by atoms with van der Waals surface area (Å²) in [6.45, 7) is 5.09. The van der Waals surface area contributed by atoms with Crippen LogP contribution >= 0.6 is 15.9 Å². The van der Waals surface area contributed by atoms with E-state index in [0.29, 0.717) is 73.2 Å². The molecule has 8 nitrogen and oxygen atoms in total. The lowest BCUT2D eigenvalue weighted by molar-refractivity contribution is -0.0165. The van der Waals surface area contributed by atoms with Crippen LogP contribution in [0.25, 0.3) is 6.08 Å². The molecule has 0 spiro atoms. The van der Waals surface area contributed by atoms with Crippen LogP contribution < -0.4 is 9.47 Å². The number of ether oxygens (including phenoxy) is 5. The Bertz CT molecular complexity index is 1110. The SMILES string of the molecule is COCCN(CCOC)Cc1c(O)cc(C)c2c1O/C(=C/c1cc(Br)cc3c1OCOC3)C2=O. The largest absolute Gasteiger partial charge is 0.507 e. The molecule has 0 amide bonds. The van der Waals surface area contributed by atoms with Crippen LogP contribution in [0.4, 0.5) is 0 Å². The molecule has 0 saturated carbocycles. The number of Topliss-reactive ketones (excluding diaryl/α,β-unsaturated/α-hetero) is 1. The topological polar surface area (TPSA) is 86.7 Å². The van der Waals surface area contributed by atoms with Gasteiger partial charge in [-0.3, -0.25) is 9.69 Å². The molecule has 9 heteroatoms. The van der Waals surface area contributed by atoms with Crippen molar-refractivity contribution >= 4 is 27.8 Å². The standard InChI is InChI=1S/C25H28BrNO7/c1-15-8-20(28)19(12-27(4-6-30-2)5-7-31-3)25-22(15)23(29)21(34-25)11-16-9-18(26)10-17-13-32-14-33-24(16)17/h8-11,28H,4-7,12-14H2,1-3H3/b21-11+. The van der Waals surface area contributed by atoms with Crippen LogP contribution in [0.2, 0.25) is 0 Å². The number of rotatable bonds is 9. The number of ketones is 1. The molecule has 2 aliphatic heterocycles. The van der Waals surface area contributed by atoms with Crippen LogP contribution in [0.3, 0.4) is 0 Å². The molecule has 4 rings (SSSR count). The number of nitrogens with zero attached hydrogens (tertiary/aromatic N) is 1. The average molecular weight is 534 g/mol. The van der Waals surface area contributed by atoms with Crippen molar-refractivity contribution in [1.82, 2.24) is 4.90 Å². The van der Waals surface area contributed by atoms with E-state index in [-0.39, 0.29) is 24.1 Å². The summed E-state index contributed by atoms with van der Waals surface area (Å²) in [5.41, 5.74) is 3.29. The van der Waals surface area contributed by atoms with E-state index < -0.39 is 0 Å². The number of carbonyl (C=O) groups is 1. The molecule has 0 fully saturated rings. The van der Waals surface area contributed by atoms with Gasteiger partial charge in [0.1, 0.15) is 17.2 Å². The van der Waals surface area contributed by atoms with Crippen LogP contribution in [-0.2, 0) is 27.4 Å². The highest BCUT2D eigenvalue weighted by atomic mass is 79.9. The van der Waals surface area contributed by atoms with Crippen LogP contribution in [0.15, 0.2) is 28.4 Å². The van der Waals surface area contributed by atoms with Crippen LogP contribution in [0.1, 0.15) is 32.6 Å². The summed E-state index contributed by atoms with van der Waals surface area (Å²) in [5.74, 6) is 1.10. The van der Waals surface area contributed by atoms with Gasteiger partial charge < -0.3 is 28.8 Å². The maximum atomic E-state index is 13.4. The van der Waals surface area contributed by atoms with Crippen molar-refractivity contribution in [2.45, 2.75) is 20.1 Å². The van der Waals surface area contributed by atoms with Crippen molar-refractivity contribution in [3.8, 4) is 17.2 Å². The first-order valence-electron chi connectivity index (χ1n) is 11.0. The van der Waals surface area contributed by atoms with E-state index in [9.17, 15) is 9.90 Å². The highest BCUT2D eigenvalue weighted by Crippen LogP contribution is 2.43. The first kappa shape index (κ1) is 24.7. The molecule has 0 atom stereocenters. The smallest absolute Gasteiger partial charge is 0.232 e. The van der Waals surface area contributed by atoms with E-state index in [4.69, 9.17) is 23.7 Å². The molecular formula is C25H28BrNO7. The molecule has 34 heavy (non-hydrogen) atoms. The van der Waals surface area contributed by atoms with Gasteiger partial charge >= 0.3 is 0 Å². The Kier molecular flexibility index (Phi) is 7.90. The summed E-state index contributed by atoms with van der Waals surface area (Å²) in [6, 6.07) is 5.42. The fourth-order valence-electron chi connectivity index (χ4n) is 4.12. The summed E-state index contributed by atoms with van der Waals surface area (Å²) < 4.78 is 28.5. The van der Waals surface area contributed by atoms with Gasteiger partial charge in [0, 0.05) is 49.5 Å². The van der Waals surface area contributed by atoms with E-state index in [1.165, 1.54) is 0 Å². The van der Waals surface area contributed by atoms with Gasteiger partial charge in [-0.25, -0.2) is 0 Å². The minimum absolute atomic E-state index is 0.0884. The zero-order valence-corrected chi connectivity index (χ0v) is 21.1. The molecule has 2 heterocycles. The number of phenolic OH excluding ortho intramolecular Hbond substituents is 1. The fraction of sp³-hybridized carbons (Fsp3) is 0.400. The monoisotopic (exact) mass is 533 g/mol. The Hall–Kier alpha value is -2.43. The third kappa shape index (κ3) is 5.13. The zero-order chi connectivity index (χ0) is 24.2. The minimum Gasteiger partial charge on any atom is -0.507 e. The third-order valence-electron chi connectivity index (χ3n) is 5.82. The molecule has 0 radical (unpaired) electrons. The predicted octanol–water partition coefficient (Wildman–Crippen LogP) is 4.04. The van der Waals surface area contributed by atoms with Crippen LogP contribution in [-0.4, -0.2) is 63.1 Å². The Morgan fingerprint density at radius 2 is 1.88 bits per heavy atom. The van der Waals surface area contributed by atoms with E-state index in [1.807, 2.05) is 12.1 Å². The molecule has 1 N–H and O–H groups in total. The summed E-state index contributed by atoms with van der Waals surface area (Å²) in [7, 11) is 3.29. The van der Waals surface area contributed by atoms with E-state index in [2.05, 4.69) is 20.8 Å². The highest BCUT2D eigenvalue weighted by Gasteiger charge is 2.34. The quantitative estimate of drug-likeness (QED) is 0.483. The molecule has 182 valence electrons. The molecule has 2 aromatic rings. The number of aryl methyl sites for hydroxylation is 1. The molecule has 2 aliphatic rings. The van der Waals surface area contributed by atoms with E-state index in [1.54, 1.807) is 33.3 Å². The van der Waals surface area contributed by atoms with E-state index >= 15 is 0 Å². The van der Waals surface area contributed by atoms with Crippen molar-refractivity contribution < 1.29 is 33.6 Å². The second kappa shape index (κ2) is 10.9. The van der Waals surface area contributed by atoms with Gasteiger partial charge in [0.25, 0.3) is 0 Å². The molecule has 2 aromatic carbocycles. The van der Waals surface area contributed by atoms with Gasteiger partial charge in [-0.1, -0.05) is 15.9 Å². The van der Waals surface area contributed by atoms with Crippen molar-refractivity contribution in [2.24, 2.45) is 0 Å². The summed E-state index contributed by atoms with van der Waals surface area (Å²) >= 11 is 3.51. The van der Waals surface area contributed by atoms with Crippen LogP contribution in [0.5, 0.6) is 17.2 Å². The summed E-state index contributed by atoms with van der Waals surface area (Å²) in [6.07, 6.45) is 1.69. The van der Waals surface area contributed by atoms with E-state index in [0.717, 1.165) is 10.0 Å². The third-order valence-corrected chi connectivity index (χ3v) is 6.27.